The van der Waals surface area contributed by atoms with Gasteiger partial charge in [0.2, 0.25) is 0 Å². The second-order valence-electron chi connectivity index (χ2n) is 2.88. The van der Waals surface area contributed by atoms with Gasteiger partial charge in [0.25, 0.3) is 0 Å². The fourth-order valence-electron chi connectivity index (χ4n) is 1.12. The van der Waals surface area contributed by atoms with E-state index in [4.69, 9.17) is 10.2 Å². The van der Waals surface area contributed by atoms with Crippen molar-refractivity contribution in [2.45, 2.75) is 25.0 Å². The van der Waals surface area contributed by atoms with Crippen LogP contribution in [0, 0.1) is 0 Å². The summed E-state index contributed by atoms with van der Waals surface area (Å²) in [5.41, 5.74) is -0.917. The van der Waals surface area contributed by atoms with Gasteiger partial charge < -0.3 is 10.2 Å². The minimum atomic E-state index is -0.917. The predicted octanol–water partition coefficient (Wildman–Crippen LogP) is -0.394. The standard InChI is InChI=1S/C6H11NO3.ClH/c1-6(5(9)10)2-4(8)3-7-6;/h4,7-8H,2-3H2,1H3,(H,9,10);1H. The fraction of sp³-hybridized carbons (Fsp3) is 0.833. The Labute approximate surface area is 71.0 Å². The zero-order valence-corrected chi connectivity index (χ0v) is 7.02. The molecule has 1 rings (SSSR count). The Balaban J connectivity index is 0.000001000. The number of β-amino-alcohol motifs (C(OH)–C–C–N with tert-alkyl or cyclic N) is 1. The van der Waals surface area contributed by atoms with Crippen molar-refractivity contribution in [3.63, 3.8) is 0 Å². The van der Waals surface area contributed by atoms with E-state index < -0.39 is 17.6 Å². The minimum absolute atomic E-state index is 0. The predicted molar refractivity (Wildman–Crippen MR) is 41.9 cm³/mol. The van der Waals surface area contributed by atoms with Crippen molar-refractivity contribution in [3.8, 4) is 0 Å². The van der Waals surface area contributed by atoms with Crippen LogP contribution in [0.5, 0.6) is 0 Å². The van der Waals surface area contributed by atoms with Gasteiger partial charge in [0.15, 0.2) is 0 Å². The van der Waals surface area contributed by atoms with Gasteiger partial charge in [0, 0.05) is 13.0 Å². The van der Waals surface area contributed by atoms with Crippen molar-refractivity contribution in [1.29, 1.82) is 0 Å². The summed E-state index contributed by atoms with van der Waals surface area (Å²) in [5, 5.41) is 20.3. The van der Waals surface area contributed by atoms with E-state index in [2.05, 4.69) is 5.32 Å². The summed E-state index contributed by atoms with van der Waals surface area (Å²) >= 11 is 0. The van der Waals surface area contributed by atoms with Gasteiger partial charge in [-0.3, -0.25) is 10.1 Å². The number of carboxylic acid groups (broad SMARTS) is 1. The number of halogens is 1. The molecule has 0 saturated carbocycles. The molecule has 0 radical (unpaired) electrons. The zero-order valence-electron chi connectivity index (χ0n) is 6.20. The lowest BCUT2D eigenvalue weighted by atomic mass is 10.0. The van der Waals surface area contributed by atoms with E-state index in [0.29, 0.717) is 13.0 Å². The third kappa shape index (κ3) is 2.05. The molecule has 1 heterocycles. The number of hydrogen-bond acceptors (Lipinski definition) is 3. The molecular weight excluding hydrogens is 170 g/mol. The lowest BCUT2D eigenvalue weighted by Crippen LogP contribution is -2.44. The van der Waals surface area contributed by atoms with Gasteiger partial charge in [-0.2, -0.15) is 0 Å². The number of rotatable bonds is 1. The summed E-state index contributed by atoms with van der Waals surface area (Å²) in [6.45, 7) is 1.95. The van der Waals surface area contributed by atoms with Crippen LogP contribution >= 0.6 is 12.4 Å². The molecular formula is C6H12ClNO3. The molecule has 2 atom stereocenters. The molecule has 2 unspecified atom stereocenters. The van der Waals surface area contributed by atoms with Crippen molar-refractivity contribution in [1.82, 2.24) is 5.32 Å². The molecule has 4 nitrogen and oxygen atoms in total. The minimum Gasteiger partial charge on any atom is -0.480 e. The Morgan fingerprint density at radius 2 is 2.27 bits per heavy atom. The van der Waals surface area contributed by atoms with Crippen LogP contribution in [0.1, 0.15) is 13.3 Å². The summed E-state index contributed by atoms with van der Waals surface area (Å²) in [5.74, 6) is -0.899. The molecule has 5 heteroatoms. The molecule has 0 aromatic rings. The van der Waals surface area contributed by atoms with Crippen molar-refractivity contribution in [2.75, 3.05) is 6.54 Å². The third-order valence-electron chi connectivity index (χ3n) is 1.84. The van der Waals surface area contributed by atoms with Gasteiger partial charge in [-0.05, 0) is 6.92 Å². The quantitative estimate of drug-likeness (QED) is 0.515. The van der Waals surface area contributed by atoms with Crippen molar-refractivity contribution in [2.24, 2.45) is 0 Å². The molecule has 0 bridgehead atoms. The number of nitrogens with one attached hydrogen (secondary N) is 1. The molecule has 0 aliphatic carbocycles. The van der Waals surface area contributed by atoms with Crippen molar-refractivity contribution < 1.29 is 15.0 Å². The molecule has 1 aliphatic heterocycles. The molecule has 11 heavy (non-hydrogen) atoms. The highest BCUT2D eigenvalue weighted by Gasteiger charge is 2.40. The number of hydrogen-bond donors (Lipinski definition) is 3. The first-order valence-electron chi connectivity index (χ1n) is 3.21. The molecule has 1 fully saturated rings. The molecule has 0 aromatic heterocycles. The summed E-state index contributed by atoms with van der Waals surface area (Å²) < 4.78 is 0. The van der Waals surface area contributed by atoms with Gasteiger partial charge in [0.05, 0.1) is 6.10 Å². The molecule has 1 aliphatic rings. The van der Waals surface area contributed by atoms with Crippen LogP contribution in [0.3, 0.4) is 0 Å². The number of aliphatic hydroxyl groups is 1. The summed E-state index contributed by atoms with van der Waals surface area (Å²) in [4.78, 5) is 10.5. The van der Waals surface area contributed by atoms with Gasteiger partial charge in [0.1, 0.15) is 5.54 Å². The van der Waals surface area contributed by atoms with E-state index in [1.54, 1.807) is 6.92 Å². The molecule has 66 valence electrons. The molecule has 1 saturated heterocycles. The number of aliphatic carboxylic acids is 1. The summed E-state index contributed by atoms with van der Waals surface area (Å²) in [6, 6.07) is 0. The largest absolute Gasteiger partial charge is 0.480 e. The number of carbonyl (C=O) groups is 1. The lowest BCUT2D eigenvalue weighted by molar-refractivity contribution is -0.143. The Morgan fingerprint density at radius 3 is 2.45 bits per heavy atom. The first-order chi connectivity index (χ1) is 4.54. The highest BCUT2D eigenvalue weighted by atomic mass is 35.5. The third-order valence-corrected chi connectivity index (χ3v) is 1.84. The lowest BCUT2D eigenvalue weighted by Gasteiger charge is -2.16. The molecule has 0 amide bonds. The molecule has 0 spiro atoms. The average molecular weight is 182 g/mol. The van der Waals surface area contributed by atoms with Crippen LogP contribution in [0.15, 0.2) is 0 Å². The Bertz CT molecular complexity index is 164. The van der Waals surface area contributed by atoms with E-state index in [0.717, 1.165) is 0 Å². The first-order valence-corrected chi connectivity index (χ1v) is 3.21. The smallest absolute Gasteiger partial charge is 0.323 e. The fourth-order valence-corrected chi connectivity index (χ4v) is 1.12. The number of carboxylic acids is 1. The first kappa shape index (κ1) is 10.7. The van der Waals surface area contributed by atoms with Gasteiger partial charge in [-0.15, -0.1) is 12.4 Å². The van der Waals surface area contributed by atoms with Crippen LogP contribution in [-0.2, 0) is 4.79 Å². The van der Waals surface area contributed by atoms with E-state index in [1.165, 1.54) is 0 Å². The maximum atomic E-state index is 10.5. The summed E-state index contributed by atoms with van der Waals surface area (Å²) in [6.07, 6.45) is -0.219. The van der Waals surface area contributed by atoms with E-state index in [1.807, 2.05) is 0 Å². The van der Waals surface area contributed by atoms with E-state index in [9.17, 15) is 4.79 Å². The van der Waals surface area contributed by atoms with Crippen LogP contribution in [0.4, 0.5) is 0 Å². The monoisotopic (exact) mass is 181 g/mol. The Morgan fingerprint density at radius 1 is 1.73 bits per heavy atom. The van der Waals surface area contributed by atoms with Crippen LogP contribution in [0.2, 0.25) is 0 Å². The second kappa shape index (κ2) is 3.38. The van der Waals surface area contributed by atoms with Crippen LogP contribution in [-0.4, -0.2) is 34.4 Å². The Kier molecular flexibility index (Phi) is 3.29. The van der Waals surface area contributed by atoms with E-state index >= 15 is 0 Å². The van der Waals surface area contributed by atoms with Crippen LogP contribution < -0.4 is 5.32 Å². The topological polar surface area (TPSA) is 69.6 Å². The van der Waals surface area contributed by atoms with Gasteiger partial charge >= 0.3 is 5.97 Å². The highest BCUT2D eigenvalue weighted by Crippen LogP contribution is 2.18. The molecule has 3 N–H and O–H groups in total. The second-order valence-corrected chi connectivity index (χ2v) is 2.88. The normalized spacial score (nSPS) is 36.4. The molecule has 0 aromatic carbocycles. The number of aliphatic hydroxyl groups excluding tert-OH is 1. The van der Waals surface area contributed by atoms with Crippen LogP contribution in [0.25, 0.3) is 0 Å². The summed E-state index contributed by atoms with van der Waals surface area (Å²) in [7, 11) is 0. The Hall–Kier alpha value is -0.320. The maximum absolute atomic E-state index is 10.5. The van der Waals surface area contributed by atoms with Crippen molar-refractivity contribution >= 4 is 18.4 Å². The van der Waals surface area contributed by atoms with Gasteiger partial charge in [-0.25, -0.2) is 0 Å². The maximum Gasteiger partial charge on any atom is 0.323 e. The SMILES string of the molecule is CC1(C(=O)O)CC(O)CN1.Cl. The highest BCUT2D eigenvalue weighted by molar-refractivity contribution is 5.85. The average Bonchev–Trinajstić information content (AvgIpc) is 2.13. The van der Waals surface area contributed by atoms with Crippen molar-refractivity contribution in [3.05, 3.63) is 0 Å². The van der Waals surface area contributed by atoms with E-state index in [-0.39, 0.29) is 12.4 Å². The van der Waals surface area contributed by atoms with Gasteiger partial charge in [-0.1, -0.05) is 0 Å². The zero-order chi connectivity index (χ0) is 7.78.